The van der Waals surface area contributed by atoms with Crippen LogP contribution >= 0.6 is 27.5 Å². The Labute approximate surface area is 123 Å². The molecule has 1 N–H and O–H groups in total. The third kappa shape index (κ3) is 2.38. The Morgan fingerprint density at radius 3 is 3.05 bits per heavy atom. The molecule has 2 atom stereocenters. The summed E-state index contributed by atoms with van der Waals surface area (Å²) in [6, 6.07) is 0. The van der Waals surface area contributed by atoms with Crippen LogP contribution in [0.25, 0.3) is 5.52 Å². The predicted octanol–water partition coefficient (Wildman–Crippen LogP) is 2.40. The number of halogens is 2. The van der Waals surface area contributed by atoms with E-state index in [1.54, 1.807) is 6.20 Å². The van der Waals surface area contributed by atoms with Gasteiger partial charge >= 0.3 is 0 Å². The van der Waals surface area contributed by atoms with Gasteiger partial charge in [0, 0.05) is 18.3 Å². The van der Waals surface area contributed by atoms with Gasteiger partial charge in [-0.1, -0.05) is 11.6 Å². The van der Waals surface area contributed by atoms with Gasteiger partial charge in [-0.25, -0.2) is 9.97 Å². The second-order valence-corrected chi connectivity index (χ2v) is 5.72. The summed E-state index contributed by atoms with van der Waals surface area (Å²) < 4.78 is 8.27. The van der Waals surface area contributed by atoms with Crippen molar-refractivity contribution in [2.24, 2.45) is 0 Å². The maximum atomic E-state index is 9.08. The van der Waals surface area contributed by atoms with Crippen molar-refractivity contribution in [3.05, 3.63) is 28.0 Å². The van der Waals surface area contributed by atoms with E-state index >= 15 is 0 Å². The highest BCUT2D eigenvalue weighted by atomic mass is 79.9. The second-order valence-electron chi connectivity index (χ2n) is 4.61. The molecule has 2 aromatic rings. The van der Waals surface area contributed by atoms with E-state index in [2.05, 4.69) is 25.9 Å². The summed E-state index contributed by atoms with van der Waals surface area (Å²) in [5.74, 6) is 1.13. The number of imidazole rings is 1. The molecule has 0 aliphatic carbocycles. The zero-order chi connectivity index (χ0) is 13.4. The zero-order valence-corrected chi connectivity index (χ0v) is 12.4. The molecule has 1 saturated heterocycles. The Hall–Kier alpha value is -0.690. The number of hydrogen-bond acceptors (Lipinski definition) is 4. The van der Waals surface area contributed by atoms with Crippen LogP contribution in [0.4, 0.5) is 0 Å². The van der Waals surface area contributed by atoms with Crippen molar-refractivity contribution >= 4 is 33.0 Å². The summed E-state index contributed by atoms with van der Waals surface area (Å²) >= 11 is 9.52. The molecule has 2 unspecified atom stereocenters. The van der Waals surface area contributed by atoms with Gasteiger partial charge in [-0.2, -0.15) is 0 Å². The van der Waals surface area contributed by atoms with Crippen molar-refractivity contribution in [2.75, 3.05) is 13.2 Å². The van der Waals surface area contributed by atoms with Crippen molar-refractivity contribution < 1.29 is 9.84 Å². The standard InChI is InChI=1S/C12H13BrClN3O2/c13-10-9-11(14)15-3-4-17(9)12(16-10)7-1-2-8(5-18)19-6-7/h3-4,7-8,18H,1-2,5-6H2. The Balaban J connectivity index is 1.96. The highest BCUT2D eigenvalue weighted by Gasteiger charge is 2.27. The predicted molar refractivity (Wildman–Crippen MR) is 74.5 cm³/mol. The summed E-state index contributed by atoms with van der Waals surface area (Å²) in [7, 11) is 0. The SMILES string of the molecule is OCC1CCC(c2nc(Br)c3c(Cl)nccn23)CO1. The quantitative estimate of drug-likeness (QED) is 0.907. The lowest BCUT2D eigenvalue weighted by Gasteiger charge is -2.27. The van der Waals surface area contributed by atoms with Crippen LogP contribution in [0.3, 0.4) is 0 Å². The highest BCUT2D eigenvalue weighted by molar-refractivity contribution is 9.10. The van der Waals surface area contributed by atoms with Crippen LogP contribution in [0.1, 0.15) is 24.6 Å². The van der Waals surface area contributed by atoms with Gasteiger partial charge in [0.15, 0.2) is 5.15 Å². The van der Waals surface area contributed by atoms with E-state index in [0.29, 0.717) is 16.4 Å². The molecular formula is C12H13BrClN3O2. The van der Waals surface area contributed by atoms with E-state index in [1.807, 2.05) is 10.6 Å². The van der Waals surface area contributed by atoms with Crippen molar-refractivity contribution in [1.29, 1.82) is 0 Å². The molecule has 1 aliphatic rings. The van der Waals surface area contributed by atoms with Crippen LogP contribution in [-0.4, -0.2) is 38.8 Å². The first kappa shape index (κ1) is 13.3. The summed E-state index contributed by atoms with van der Waals surface area (Å²) in [5, 5.41) is 9.51. The van der Waals surface area contributed by atoms with Crippen LogP contribution in [0.2, 0.25) is 5.15 Å². The number of aliphatic hydroxyl groups is 1. The van der Waals surface area contributed by atoms with Crippen molar-refractivity contribution in [1.82, 2.24) is 14.4 Å². The van der Waals surface area contributed by atoms with E-state index in [9.17, 15) is 0 Å². The smallest absolute Gasteiger partial charge is 0.155 e. The summed E-state index contributed by atoms with van der Waals surface area (Å²) in [4.78, 5) is 8.60. The molecule has 0 spiro atoms. The molecule has 19 heavy (non-hydrogen) atoms. The van der Waals surface area contributed by atoms with E-state index < -0.39 is 0 Å². The summed E-state index contributed by atoms with van der Waals surface area (Å²) in [5.41, 5.74) is 0.781. The topological polar surface area (TPSA) is 59.7 Å². The molecule has 3 heterocycles. The highest BCUT2D eigenvalue weighted by Crippen LogP contribution is 2.32. The molecule has 0 bridgehead atoms. The molecule has 1 aliphatic heterocycles. The summed E-state index contributed by atoms with van der Waals surface area (Å²) in [6.45, 7) is 0.644. The number of aliphatic hydroxyl groups excluding tert-OH is 1. The van der Waals surface area contributed by atoms with Crippen LogP contribution < -0.4 is 0 Å². The first-order chi connectivity index (χ1) is 9.20. The zero-order valence-electron chi connectivity index (χ0n) is 10.1. The van der Waals surface area contributed by atoms with Crippen LogP contribution in [-0.2, 0) is 4.74 Å². The number of fused-ring (bicyclic) bond motifs is 1. The Kier molecular flexibility index (Phi) is 3.75. The average Bonchev–Trinajstić information content (AvgIpc) is 2.78. The van der Waals surface area contributed by atoms with Crippen molar-refractivity contribution in [3.63, 3.8) is 0 Å². The van der Waals surface area contributed by atoms with Gasteiger partial charge in [0.25, 0.3) is 0 Å². The second kappa shape index (κ2) is 5.36. The molecule has 2 aromatic heterocycles. The third-order valence-electron chi connectivity index (χ3n) is 3.43. The molecule has 0 radical (unpaired) electrons. The largest absolute Gasteiger partial charge is 0.394 e. The number of rotatable bonds is 2. The van der Waals surface area contributed by atoms with E-state index in [0.717, 1.165) is 24.2 Å². The average molecular weight is 347 g/mol. The Morgan fingerprint density at radius 2 is 2.37 bits per heavy atom. The minimum atomic E-state index is -0.0452. The molecule has 0 aromatic carbocycles. The fourth-order valence-electron chi connectivity index (χ4n) is 2.42. The Bertz CT molecular complexity index is 596. The van der Waals surface area contributed by atoms with Gasteiger partial charge in [0.1, 0.15) is 15.9 Å². The normalized spacial score (nSPS) is 23.9. The maximum Gasteiger partial charge on any atom is 0.155 e. The third-order valence-corrected chi connectivity index (χ3v) is 4.26. The van der Waals surface area contributed by atoms with E-state index in [1.165, 1.54) is 0 Å². The molecule has 7 heteroatoms. The van der Waals surface area contributed by atoms with Gasteiger partial charge in [-0.05, 0) is 28.8 Å². The Morgan fingerprint density at radius 1 is 1.53 bits per heavy atom. The van der Waals surface area contributed by atoms with Crippen molar-refractivity contribution in [2.45, 2.75) is 24.9 Å². The fourth-order valence-corrected chi connectivity index (χ4v) is 3.34. The summed E-state index contributed by atoms with van der Waals surface area (Å²) in [6.07, 6.45) is 5.25. The van der Waals surface area contributed by atoms with Gasteiger partial charge in [0.2, 0.25) is 0 Å². The van der Waals surface area contributed by atoms with Gasteiger partial charge in [-0.3, -0.25) is 4.40 Å². The molecule has 0 saturated carbocycles. The molecule has 102 valence electrons. The van der Waals surface area contributed by atoms with Crippen LogP contribution in [0.15, 0.2) is 17.0 Å². The number of nitrogens with zero attached hydrogens (tertiary/aromatic N) is 3. The lowest BCUT2D eigenvalue weighted by molar-refractivity contribution is -0.0283. The molecule has 5 nitrogen and oxygen atoms in total. The van der Waals surface area contributed by atoms with Gasteiger partial charge < -0.3 is 9.84 Å². The molecule has 1 fully saturated rings. The fraction of sp³-hybridized carbons (Fsp3) is 0.500. The number of aromatic nitrogens is 3. The lowest BCUT2D eigenvalue weighted by atomic mass is 9.98. The number of hydrogen-bond donors (Lipinski definition) is 1. The molecule has 0 amide bonds. The minimum Gasteiger partial charge on any atom is -0.394 e. The van der Waals surface area contributed by atoms with E-state index in [-0.39, 0.29) is 18.6 Å². The monoisotopic (exact) mass is 345 g/mol. The van der Waals surface area contributed by atoms with Crippen LogP contribution in [0, 0.1) is 0 Å². The van der Waals surface area contributed by atoms with Crippen LogP contribution in [0.5, 0.6) is 0 Å². The number of ether oxygens (including phenoxy) is 1. The van der Waals surface area contributed by atoms with E-state index in [4.69, 9.17) is 21.4 Å². The first-order valence-electron chi connectivity index (χ1n) is 6.11. The molecular weight excluding hydrogens is 334 g/mol. The lowest BCUT2D eigenvalue weighted by Crippen LogP contribution is -2.28. The van der Waals surface area contributed by atoms with Crippen molar-refractivity contribution in [3.8, 4) is 0 Å². The minimum absolute atomic E-state index is 0.0452. The maximum absolute atomic E-state index is 9.08. The van der Waals surface area contributed by atoms with Gasteiger partial charge in [0.05, 0.1) is 19.3 Å². The van der Waals surface area contributed by atoms with Gasteiger partial charge in [-0.15, -0.1) is 0 Å². The first-order valence-corrected chi connectivity index (χ1v) is 7.28. The molecule has 3 rings (SSSR count).